The Labute approximate surface area is 146 Å². The molecule has 0 saturated heterocycles. The minimum absolute atomic E-state index is 0.0386. The molecule has 1 amide bonds. The van der Waals surface area contributed by atoms with Crippen molar-refractivity contribution in [3.8, 4) is 5.69 Å². The first-order valence-electron chi connectivity index (χ1n) is 7.55. The van der Waals surface area contributed by atoms with Gasteiger partial charge in [-0.25, -0.2) is 18.3 Å². The molecule has 0 radical (unpaired) electrons. The van der Waals surface area contributed by atoms with Gasteiger partial charge in [0, 0.05) is 12.3 Å². The highest BCUT2D eigenvalue weighted by atomic mass is 19.1. The molecular formula is C18H13F2N3O3. The zero-order chi connectivity index (χ0) is 18.7. The molecule has 0 spiro atoms. The standard InChI is InChI=1S/C18H13F2N3O3/c19-12-6-7-15(13(20)10-12)23-9-8-14(22-23)17(24)21-16(18(25)26)11-4-2-1-3-5-11/h1-10,16H,(H,21,24)(H,25,26). The van der Waals surface area contributed by atoms with Gasteiger partial charge in [0.25, 0.3) is 5.91 Å². The fourth-order valence-electron chi connectivity index (χ4n) is 2.38. The van der Waals surface area contributed by atoms with Crippen LogP contribution in [0.3, 0.4) is 0 Å². The second-order valence-electron chi connectivity index (χ2n) is 5.40. The Balaban J connectivity index is 1.82. The number of aliphatic carboxylic acids is 1. The van der Waals surface area contributed by atoms with Crippen LogP contribution in [0.4, 0.5) is 8.78 Å². The normalized spacial score (nSPS) is 11.8. The van der Waals surface area contributed by atoms with Crippen molar-refractivity contribution in [2.75, 3.05) is 0 Å². The van der Waals surface area contributed by atoms with Crippen LogP contribution in [0.5, 0.6) is 0 Å². The van der Waals surface area contributed by atoms with Gasteiger partial charge in [0.2, 0.25) is 0 Å². The van der Waals surface area contributed by atoms with Gasteiger partial charge in [-0.05, 0) is 23.8 Å². The summed E-state index contributed by atoms with van der Waals surface area (Å²) in [6.07, 6.45) is 1.32. The monoisotopic (exact) mass is 357 g/mol. The molecule has 1 atom stereocenters. The first-order chi connectivity index (χ1) is 12.5. The molecule has 0 bridgehead atoms. The quantitative estimate of drug-likeness (QED) is 0.735. The molecule has 0 aliphatic heterocycles. The van der Waals surface area contributed by atoms with E-state index in [1.807, 2.05) is 0 Å². The van der Waals surface area contributed by atoms with Gasteiger partial charge in [0.05, 0.1) is 0 Å². The van der Waals surface area contributed by atoms with Crippen LogP contribution in [-0.2, 0) is 4.79 Å². The minimum atomic E-state index is -1.25. The molecule has 0 aliphatic carbocycles. The zero-order valence-electron chi connectivity index (χ0n) is 13.3. The summed E-state index contributed by atoms with van der Waals surface area (Å²) < 4.78 is 27.9. The summed E-state index contributed by atoms with van der Waals surface area (Å²) in [6.45, 7) is 0. The predicted octanol–water partition coefficient (Wildman–Crippen LogP) is 2.71. The molecule has 1 unspecified atom stereocenters. The third kappa shape index (κ3) is 3.59. The van der Waals surface area contributed by atoms with Gasteiger partial charge in [-0.15, -0.1) is 0 Å². The van der Waals surface area contributed by atoms with E-state index in [9.17, 15) is 23.5 Å². The topological polar surface area (TPSA) is 84.2 Å². The van der Waals surface area contributed by atoms with Gasteiger partial charge in [-0.3, -0.25) is 4.79 Å². The molecule has 8 heteroatoms. The Bertz CT molecular complexity index is 957. The van der Waals surface area contributed by atoms with Crippen LogP contribution >= 0.6 is 0 Å². The summed E-state index contributed by atoms with van der Waals surface area (Å²) in [4.78, 5) is 23.8. The molecule has 2 aromatic carbocycles. The number of hydrogen-bond donors (Lipinski definition) is 2. The lowest BCUT2D eigenvalue weighted by Gasteiger charge is -2.13. The summed E-state index contributed by atoms with van der Waals surface area (Å²) in [5, 5.41) is 15.6. The Morgan fingerprint density at radius 3 is 2.46 bits per heavy atom. The molecule has 2 N–H and O–H groups in total. The van der Waals surface area contributed by atoms with Crippen molar-refractivity contribution in [2.24, 2.45) is 0 Å². The molecule has 3 rings (SSSR count). The summed E-state index contributed by atoms with van der Waals surface area (Å²) in [7, 11) is 0. The summed E-state index contributed by atoms with van der Waals surface area (Å²) in [5.41, 5.74) is 0.261. The summed E-state index contributed by atoms with van der Waals surface area (Å²) in [6, 6.07) is 11.2. The van der Waals surface area contributed by atoms with Crippen molar-refractivity contribution in [1.29, 1.82) is 0 Å². The molecule has 0 aliphatic rings. The van der Waals surface area contributed by atoms with Crippen molar-refractivity contribution in [3.63, 3.8) is 0 Å². The molecule has 1 aromatic heterocycles. The molecule has 0 saturated carbocycles. The van der Waals surface area contributed by atoms with Gasteiger partial charge in [0.15, 0.2) is 17.6 Å². The second kappa shape index (κ2) is 7.14. The van der Waals surface area contributed by atoms with Crippen molar-refractivity contribution >= 4 is 11.9 Å². The average molecular weight is 357 g/mol. The number of halogens is 2. The maximum Gasteiger partial charge on any atom is 0.330 e. The van der Waals surface area contributed by atoms with Gasteiger partial charge < -0.3 is 10.4 Å². The Morgan fingerprint density at radius 1 is 1.08 bits per heavy atom. The molecule has 132 valence electrons. The first kappa shape index (κ1) is 17.3. The van der Waals surface area contributed by atoms with Crippen LogP contribution in [0.15, 0.2) is 60.8 Å². The van der Waals surface area contributed by atoms with Crippen LogP contribution < -0.4 is 5.32 Å². The van der Waals surface area contributed by atoms with E-state index < -0.39 is 29.6 Å². The fourth-order valence-corrected chi connectivity index (χ4v) is 2.38. The van der Waals surface area contributed by atoms with E-state index in [1.165, 1.54) is 18.3 Å². The molecule has 0 fully saturated rings. The highest BCUT2D eigenvalue weighted by Crippen LogP contribution is 2.16. The number of carbonyl (C=O) groups excluding carboxylic acids is 1. The molecule has 3 aromatic rings. The third-order valence-corrected chi connectivity index (χ3v) is 3.63. The average Bonchev–Trinajstić information content (AvgIpc) is 3.10. The Morgan fingerprint density at radius 2 is 1.81 bits per heavy atom. The van der Waals surface area contributed by atoms with Crippen LogP contribution in [0.25, 0.3) is 5.69 Å². The van der Waals surface area contributed by atoms with Gasteiger partial charge in [-0.1, -0.05) is 30.3 Å². The van der Waals surface area contributed by atoms with Gasteiger partial charge in [-0.2, -0.15) is 5.10 Å². The predicted molar refractivity (Wildman–Crippen MR) is 87.8 cm³/mol. The number of nitrogens with one attached hydrogen (secondary N) is 1. The fraction of sp³-hybridized carbons (Fsp3) is 0.0556. The van der Waals surface area contributed by atoms with Gasteiger partial charge >= 0.3 is 5.97 Å². The Hall–Kier alpha value is -3.55. The highest BCUT2D eigenvalue weighted by molar-refractivity contribution is 5.95. The summed E-state index contributed by atoms with van der Waals surface area (Å²) >= 11 is 0. The molecule has 26 heavy (non-hydrogen) atoms. The van der Waals surface area contributed by atoms with E-state index in [0.717, 1.165) is 10.7 Å². The molecule has 6 nitrogen and oxygen atoms in total. The van der Waals surface area contributed by atoms with Crippen LogP contribution in [-0.4, -0.2) is 26.8 Å². The van der Waals surface area contributed by atoms with Crippen LogP contribution in [0.2, 0.25) is 0 Å². The largest absolute Gasteiger partial charge is 0.479 e. The number of carboxylic acid groups (broad SMARTS) is 1. The highest BCUT2D eigenvalue weighted by Gasteiger charge is 2.23. The third-order valence-electron chi connectivity index (χ3n) is 3.63. The molecule has 1 heterocycles. The molecular weight excluding hydrogens is 344 g/mol. The number of carboxylic acids is 1. The van der Waals surface area contributed by atoms with E-state index in [2.05, 4.69) is 10.4 Å². The van der Waals surface area contributed by atoms with E-state index in [4.69, 9.17) is 0 Å². The second-order valence-corrected chi connectivity index (χ2v) is 5.40. The van der Waals surface area contributed by atoms with Crippen molar-refractivity contribution in [2.45, 2.75) is 6.04 Å². The number of hydrogen-bond acceptors (Lipinski definition) is 3. The summed E-state index contributed by atoms with van der Waals surface area (Å²) in [5.74, 6) is -3.53. The Kier molecular flexibility index (Phi) is 4.74. The van der Waals surface area contributed by atoms with Crippen molar-refractivity contribution in [3.05, 3.63) is 83.7 Å². The van der Waals surface area contributed by atoms with Gasteiger partial charge in [0.1, 0.15) is 11.5 Å². The van der Waals surface area contributed by atoms with E-state index in [-0.39, 0.29) is 11.4 Å². The lowest BCUT2D eigenvalue weighted by atomic mass is 10.1. The smallest absolute Gasteiger partial charge is 0.330 e. The van der Waals surface area contributed by atoms with E-state index >= 15 is 0 Å². The first-order valence-corrected chi connectivity index (χ1v) is 7.55. The minimum Gasteiger partial charge on any atom is -0.479 e. The van der Waals surface area contributed by atoms with Crippen molar-refractivity contribution in [1.82, 2.24) is 15.1 Å². The number of nitrogens with zero attached hydrogens (tertiary/aromatic N) is 2. The maximum atomic E-state index is 13.8. The van der Waals surface area contributed by atoms with E-state index in [0.29, 0.717) is 11.6 Å². The number of amides is 1. The number of carbonyl (C=O) groups is 2. The SMILES string of the molecule is O=C(NC(C(=O)O)c1ccccc1)c1ccn(-c2ccc(F)cc2F)n1. The number of rotatable bonds is 5. The van der Waals surface area contributed by atoms with Crippen LogP contribution in [0.1, 0.15) is 22.1 Å². The maximum absolute atomic E-state index is 13.8. The van der Waals surface area contributed by atoms with Crippen LogP contribution in [0, 0.1) is 11.6 Å². The lowest BCUT2D eigenvalue weighted by molar-refractivity contribution is -0.139. The number of aromatic nitrogens is 2. The lowest BCUT2D eigenvalue weighted by Crippen LogP contribution is -2.34. The van der Waals surface area contributed by atoms with Crippen molar-refractivity contribution < 1.29 is 23.5 Å². The van der Waals surface area contributed by atoms with E-state index in [1.54, 1.807) is 30.3 Å². The number of benzene rings is 2. The zero-order valence-corrected chi connectivity index (χ0v) is 13.3.